The summed E-state index contributed by atoms with van der Waals surface area (Å²) in [5.41, 5.74) is 5.41. The maximum atomic E-state index is 10.6. The molecule has 0 aliphatic rings. The molecule has 16 heavy (non-hydrogen) atoms. The van der Waals surface area contributed by atoms with Gasteiger partial charge in [0, 0.05) is 0 Å². The van der Waals surface area contributed by atoms with Gasteiger partial charge in [-0.05, 0) is 13.3 Å². The minimum Gasteiger partial charge on any atom is -0.463 e. The predicted octanol–water partition coefficient (Wildman–Crippen LogP) is 1.45. The Morgan fingerprint density at radius 3 is 2.69 bits per heavy atom. The molecular formula is C9H14N4O3. The number of hydrogen-bond acceptors (Lipinski definition) is 6. The lowest BCUT2D eigenvalue weighted by Crippen LogP contribution is -2.07. The molecule has 0 saturated heterocycles. The fraction of sp³-hybridized carbons (Fsp3) is 0.556. The van der Waals surface area contributed by atoms with E-state index in [-0.39, 0.29) is 23.2 Å². The fourth-order valence-electron chi connectivity index (χ4n) is 1.16. The monoisotopic (exact) mass is 226 g/mol. The van der Waals surface area contributed by atoms with Crippen molar-refractivity contribution >= 4 is 11.5 Å². The summed E-state index contributed by atoms with van der Waals surface area (Å²) < 4.78 is 5.22. The molecule has 0 spiro atoms. The first-order valence-corrected chi connectivity index (χ1v) is 4.97. The fourth-order valence-corrected chi connectivity index (χ4v) is 1.16. The zero-order valence-electron chi connectivity index (χ0n) is 9.27. The van der Waals surface area contributed by atoms with Crippen molar-refractivity contribution in [2.45, 2.75) is 26.7 Å². The van der Waals surface area contributed by atoms with Crippen molar-refractivity contribution in [3.8, 4) is 6.01 Å². The van der Waals surface area contributed by atoms with Crippen LogP contribution in [0.2, 0.25) is 0 Å². The third-order valence-electron chi connectivity index (χ3n) is 1.98. The molecule has 2 N–H and O–H groups in total. The van der Waals surface area contributed by atoms with Crippen LogP contribution in [0.5, 0.6) is 6.01 Å². The summed E-state index contributed by atoms with van der Waals surface area (Å²) in [5.74, 6) is -0.163. The van der Waals surface area contributed by atoms with E-state index in [9.17, 15) is 10.1 Å². The Kier molecular flexibility index (Phi) is 3.98. The maximum absolute atomic E-state index is 10.6. The largest absolute Gasteiger partial charge is 0.463 e. The van der Waals surface area contributed by atoms with Gasteiger partial charge in [0.15, 0.2) is 0 Å². The van der Waals surface area contributed by atoms with Gasteiger partial charge in [-0.25, -0.2) is 0 Å². The first kappa shape index (κ1) is 12.2. The van der Waals surface area contributed by atoms with E-state index in [1.807, 2.05) is 6.92 Å². The lowest BCUT2D eigenvalue weighted by molar-refractivity contribution is -0.385. The first-order valence-electron chi connectivity index (χ1n) is 4.97. The molecule has 1 rings (SSSR count). The van der Waals surface area contributed by atoms with Crippen molar-refractivity contribution in [2.24, 2.45) is 0 Å². The molecule has 7 heteroatoms. The Morgan fingerprint density at radius 2 is 2.19 bits per heavy atom. The summed E-state index contributed by atoms with van der Waals surface area (Å²) in [6.45, 7) is 4.01. The molecule has 0 radical (unpaired) electrons. The van der Waals surface area contributed by atoms with E-state index in [1.54, 1.807) is 0 Å². The zero-order chi connectivity index (χ0) is 12.1. The van der Waals surface area contributed by atoms with Gasteiger partial charge in [0.25, 0.3) is 0 Å². The normalized spacial score (nSPS) is 10.1. The number of rotatable bonds is 5. The Bertz CT molecular complexity index is 371. The average molecular weight is 226 g/mol. The van der Waals surface area contributed by atoms with Crippen LogP contribution in [0.25, 0.3) is 0 Å². The summed E-state index contributed by atoms with van der Waals surface area (Å²) in [6, 6.07) is 0.0917. The van der Waals surface area contributed by atoms with Gasteiger partial charge in [-0.1, -0.05) is 13.3 Å². The molecule has 0 aromatic carbocycles. The number of nitrogen functional groups attached to an aromatic ring is 1. The van der Waals surface area contributed by atoms with Crippen LogP contribution in [-0.4, -0.2) is 21.5 Å². The Hall–Kier alpha value is -1.92. The highest BCUT2D eigenvalue weighted by atomic mass is 16.6. The zero-order valence-corrected chi connectivity index (χ0v) is 9.27. The molecule has 0 bridgehead atoms. The van der Waals surface area contributed by atoms with Crippen LogP contribution in [0.3, 0.4) is 0 Å². The number of ether oxygens (including phenoxy) is 1. The highest BCUT2D eigenvalue weighted by Gasteiger charge is 2.19. The van der Waals surface area contributed by atoms with Crippen LogP contribution in [0.1, 0.15) is 25.5 Å². The van der Waals surface area contributed by atoms with Crippen molar-refractivity contribution in [3.63, 3.8) is 0 Å². The lowest BCUT2D eigenvalue weighted by Gasteiger charge is -2.05. The molecule has 1 aromatic heterocycles. The number of aryl methyl sites for hydroxylation is 1. The summed E-state index contributed by atoms with van der Waals surface area (Å²) in [6.07, 6.45) is 1.86. The van der Waals surface area contributed by atoms with Gasteiger partial charge >= 0.3 is 11.7 Å². The number of nitro groups is 1. The van der Waals surface area contributed by atoms with E-state index < -0.39 is 4.92 Å². The molecule has 0 aliphatic heterocycles. The van der Waals surface area contributed by atoms with Crippen LogP contribution >= 0.6 is 0 Å². The summed E-state index contributed by atoms with van der Waals surface area (Å²) >= 11 is 0. The van der Waals surface area contributed by atoms with Crippen LogP contribution in [0, 0.1) is 17.0 Å². The average Bonchev–Trinajstić information content (AvgIpc) is 2.16. The van der Waals surface area contributed by atoms with Crippen molar-refractivity contribution in [1.82, 2.24) is 9.97 Å². The number of aromatic nitrogens is 2. The highest BCUT2D eigenvalue weighted by Crippen LogP contribution is 2.24. The van der Waals surface area contributed by atoms with Gasteiger partial charge in [0.1, 0.15) is 5.69 Å². The second-order valence-electron chi connectivity index (χ2n) is 3.28. The first-order chi connectivity index (χ1) is 7.56. The standard InChI is InChI=1S/C9H14N4O3/c1-3-4-5-16-9-11-6(2)7(13(14)15)8(10)12-9/h3-5H2,1-2H3,(H2,10,11,12). The Balaban J connectivity index is 2.87. The molecule has 7 nitrogen and oxygen atoms in total. The van der Waals surface area contributed by atoms with Crippen LogP contribution in [0.4, 0.5) is 11.5 Å². The number of hydrogen-bond donors (Lipinski definition) is 1. The molecule has 0 fully saturated rings. The van der Waals surface area contributed by atoms with Gasteiger partial charge < -0.3 is 10.5 Å². The number of nitrogens with zero attached hydrogens (tertiary/aromatic N) is 3. The van der Waals surface area contributed by atoms with E-state index in [0.29, 0.717) is 6.61 Å². The van der Waals surface area contributed by atoms with E-state index in [2.05, 4.69) is 9.97 Å². The van der Waals surface area contributed by atoms with E-state index in [4.69, 9.17) is 10.5 Å². The van der Waals surface area contributed by atoms with Gasteiger partial charge in [0.05, 0.1) is 11.5 Å². The second kappa shape index (κ2) is 5.24. The minimum atomic E-state index is -0.597. The summed E-state index contributed by atoms with van der Waals surface area (Å²) in [4.78, 5) is 17.6. The van der Waals surface area contributed by atoms with E-state index in [1.165, 1.54) is 6.92 Å². The van der Waals surface area contributed by atoms with Crippen molar-refractivity contribution < 1.29 is 9.66 Å². The predicted molar refractivity (Wildman–Crippen MR) is 58.2 cm³/mol. The topological polar surface area (TPSA) is 104 Å². The summed E-state index contributed by atoms with van der Waals surface area (Å²) in [5, 5.41) is 10.6. The van der Waals surface area contributed by atoms with Crippen molar-refractivity contribution in [3.05, 3.63) is 15.8 Å². The van der Waals surface area contributed by atoms with Gasteiger partial charge in [-0.2, -0.15) is 9.97 Å². The smallest absolute Gasteiger partial charge is 0.332 e. The van der Waals surface area contributed by atoms with Gasteiger partial charge in [0.2, 0.25) is 5.82 Å². The second-order valence-corrected chi connectivity index (χ2v) is 3.28. The molecule has 0 aliphatic carbocycles. The summed E-state index contributed by atoms with van der Waals surface area (Å²) in [7, 11) is 0. The Labute approximate surface area is 92.8 Å². The Morgan fingerprint density at radius 1 is 1.50 bits per heavy atom. The molecule has 0 unspecified atom stereocenters. The van der Waals surface area contributed by atoms with E-state index >= 15 is 0 Å². The van der Waals surface area contributed by atoms with Crippen LogP contribution < -0.4 is 10.5 Å². The molecule has 0 atom stereocenters. The SMILES string of the molecule is CCCCOc1nc(C)c([N+](=O)[O-])c(N)n1. The molecular weight excluding hydrogens is 212 g/mol. The number of nitrogens with two attached hydrogens (primary N) is 1. The molecule has 88 valence electrons. The molecule has 1 aromatic rings. The highest BCUT2D eigenvalue weighted by molar-refractivity contribution is 5.55. The van der Waals surface area contributed by atoms with Crippen LogP contribution in [0.15, 0.2) is 0 Å². The van der Waals surface area contributed by atoms with Gasteiger partial charge in [-0.3, -0.25) is 10.1 Å². The quantitative estimate of drug-likeness (QED) is 0.463. The lowest BCUT2D eigenvalue weighted by atomic mass is 10.3. The van der Waals surface area contributed by atoms with Crippen molar-refractivity contribution in [1.29, 1.82) is 0 Å². The minimum absolute atomic E-state index is 0.0917. The molecule has 0 amide bonds. The van der Waals surface area contributed by atoms with Crippen LogP contribution in [-0.2, 0) is 0 Å². The third kappa shape index (κ3) is 2.78. The van der Waals surface area contributed by atoms with Crippen molar-refractivity contribution in [2.75, 3.05) is 12.3 Å². The van der Waals surface area contributed by atoms with Gasteiger partial charge in [-0.15, -0.1) is 0 Å². The van der Waals surface area contributed by atoms with E-state index in [0.717, 1.165) is 12.8 Å². The molecule has 1 heterocycles. The molecule has 0 saturated carbocycles. The number of anilines is 1. The number of unbranched alkanes of at least 4 members (excludes halogenated alkanes) is 1. The third-order valence-corrected chi connectivity index (χ3v) is 1.98. The maximum Gasteiger partial charge on any atom is 0.332 e.